The third-order valence-electron chi connectivity index (χ3n) is 4.06. The van der Waals surface area contributed by atoms with Crippen molar-refractivity contribution in [2.45, 2.75) is 32.7 Å². The topological polar surface area (TPSA) is 29.9 Å². The van der Waals surface area contributed by atoms with Gasteiger partial charge in [0.15, 0.2) is 0 Å². The third kappa shape index (κ3) is 1.83. The highest BCUT2D eigenvalue weighted by molar-refractivity contribution is 5.76. The molecule has 1 N–H and O–H groups in total. The van der Waals surface area contributed by atoms with Crippen LogP contribution < -0.4 is 5.32 Å². The predicted molar refractivity (Wildman–Crippen MR) is 74.8 cm³/mol. The summed E-state index contributed by atoms with van der Waals surface area (Å²) in [5.41, 5.74) is 2.42. The molecule has 3 heteroatoms. The summed E-state index contributed by atoms with van der Waals surface area (Å²) in [7, 11) is 0. The molecule has 0 radical (unpaired) electrons. The van der Waals surface area contributed by atoms with Crippen molar-refractivity contribution in [3.63, 3.8) is 0 Å². The molecule has 0 aliphatic carbocycles. The van der Waals surface area contributed by atoms with Gasteiger partial charge in [0.05, 0.1) is 11.0 Å². The van der Waals surface area contributed by atoms with Crippen molar-refractivity contribution in [1.82, 2.24) is 14.9 Å². The summed E-state index contributed by atoms with van der Waals surface area (Å²) in [4.78, 5) is 4.87. The second kappa shape index (κ2) is 4.73. The van der Waals surface area contributed by atoms with Crippen molar-refractivity contribution >= 4 is 11.0 Å². The summed E-state index contributed by atoms with van der Waals surface area (Å²) in [5.74, 6) is 2.56. The van der Waals surface area contributed by atoms with E-state index in [1.165, 1.54) is 11.3 Å². The highest BCUT2D eigenvalue weighted by Gasteiger charge is 2.28. The fraction of sp³-hybridized carbons (Fsp3) is 0.533. The fourth-order valence-corrected chi connectivity index (χ4v) is 2.78. The highest BCUT2D eigenvalue weighted by Crippen LogP contribution is 2.29. The monoisotopic (exact) mass is 243 g/mol. The number of imidazole rings is 1. The molecule has 1 unspecified atom stereocenters. The quantitative estimate of drug-likeness (QED) is 0.895. The molecule has 18 heavy (non-hydrogen) atoms. The van der Waals surface area contributed by atoms with Crippen molar-refractivity contribution in [1.29, 1.82) is 0 Å². The number of benzene rings is 1. The van der Waals surface area contributed by atoms with Crippen molar-refractivity contribution in [3.05, 3.63) is 30.1 Å². The smallest absolute Gasteiger partial charge is 0.113 e. The average Bonchev–Trinajstić information content (AvgIpc) is 2.67. The van der Waals surface area contributed by atoms with Crippen LogP contribution in [0.5, 0.6) is 0 Å². The SMILES string of the molecule is CCCn1c(C(C)C2CNC2)nc2ccccc21. The zero-order valence-corrected chi connectivity index (χ0v) is 11.2. The first-order valence-electron chi connectivity index (χ1n) is 6.97. The summed E-state index contributed by atoms with van der Waals surface area (Å²) < 4.78 is 2.42. The van der Waals surface area contributed by atoms with Gasteiger partial charge in [0, 0.05) is 12.5 Å². The van der Waals surface area contributed by atoms with Crippen molar-refractivity contribution < 1.29 is 0 Å². The van der Waals surface area contributed by atoms with E-state index in [4.69, 9.17) is 4.98 Å². The molecule has 1 aliphatic rings. The molecule has 3 rings (SSSR count). The molecule has 1 saturated heterocycles. The van der Waals surface area contributed by atoms with Gasteiger partial charge in [-0.15, -0.1) is 0 Å². The van der Waals surface area contributed by atoms with E-state index in [1.54, 1.807) is 0 Å². The molecule has 0 bridgehead atoms. The van der Waals surface area contributed by atoms with E-state index in [0.29, 0.717) is 5.92 Å². The second-order valence-corrected chi connectivity index (χ2v) is 5.32. The summed E-state index contributed by atoms with van der Waals surface area (Å²) >= 11 is 0. The Morgan fingerprint density at radius 3 is 2.83 bits per heavy atom. The number of hydrogen-bond acceptors (Lipinski definition) is 2. The largest absolute Gasteiger partial charge is 0.328 e. The van der Waals surface area contributed by atoms with Gasteiger partial charge in [-0.1, -0.05) is 26.0 Å². The number of para-hydroxylation sites is 2. The molecule has 1 atom stereocenters. The lowest BCUT2D eigenvalue weighted by molar-refractivity contribution is 0.291. The number of fused-ring (bicyclic) bond motifs is 1. The average molecular weight is 243 g/mol. The summed E-state index contributed by atoms with van der Waals surface area (Å²) in [6.07, 6.45) is 1.16. The Hall–Kier alpha value is -1.35. The van der Waals surface area contributed by atoms with Gasteiger partial charge in [0.25, 0.3) is 0 Å². The van der Waals surface area contributed by atoms with Crippen LogP contribution in [0.4, 0.5) is 0 Å². The van der Waals surface area contributed by atoms with E-state index < -0.39 is 0 Å². The first-order valence-corrected chi connectivity index (χ1v) is 6.97. The van der Waals surface area contributed by atoms with Crippen molar-refractivity contribution in [2.75, 3.05) is 13.1 Å². The summed E-state index contributed by atoms with van der Waals surface area (Å²) in [6.45, 7) is 7.89. The lowest BCUT2D eigenvalue weighted by Crippen LogP contribution is -2.45. The molecule has 0 spiro atoms. The highest BCUT2D eigenvalue weighted by atomic mass is 15.1. The standard InChI is InChI=1S/C15H21N3/c1-3-8-18-14-7-5-4-6-13(14)17-15(18)11(2)12-9-16-10-12/h4-7,11-12,16H,3,8-10H2,1-2H3. The fourth-order valence-electron chi connectivity index (χ4n) is 2.78. The van der Waals surface area contributed by atoms with Gasteiger partial charge in [-0.2, -0.15) is 0 Å². The van der Waals surface area contributed by atoms with Crippen LogP contribution in [0.2, 0.25) is 0 Å². The van der Waals surface area contributed by atoms with Gasteiger partial charge in [0.2, 0.25) is 0 Å². The molecule has 1 aliphatic heterocycles. The van der Waals surface area contributed by atoms with E-state index in [0.717, 1.165) is 37.5 Å². The summed E-state index contributed by atoms with van der Waals surface area (Å²) in [5, 5.41) is 3.36. The number of aryl methyl sites for hydroxylation is 1. The Morgan fingerprint density at radius 1 is 1.39 bits per heavy atom. The predicted octanol–water partition coefficient (Wildman–Crippen LogP) is 2.77. The van der Waals surface area contributed by atoms with Gasteiger partial charge in [-0.25, -0.2) is 4.98 Å². The van der Waals surface area contributed by atoms with Crippen molar-refractivity contribution in [3.8, 4) is 0 Å². The van der Waals surface area contributed by atoms with Crippen molar-refractivity contribution in [2.24, 2.45) is 5.92 Å². The van der Waals surface area contributed by atoms with E-state index in [2.05, 4.69) is 48.0 Å². The first kappa shape index (κ1) is 11.7. The number of aromatic nitrogens is 2. The molecular weight excluding hydrogens is 222 g/mol. The Kier molecular flexibility index (Phi) is 3.08. The van der Waals surface area contributed by atoms with Crippen LogP contribution in [0, 0.1) is 5.92 Å². The Labute approximate surface area is 108 Å². The van der Waals surface area contributed by atoms with Gasteiger partial charge < -0.3 is 9.88 Å². The van der Waals surface area contributed by atoms with E-state index in [1.807, 2.05) is 0 Å². The maximum absolute atomic E-state index is 4.87. The van der Waals surface area contributed by atoms with Crippen LogP contribution >= 0.6 is 0 Å². The number of rotatable bonds is 4. The Balaban J connectivity index is 2.05. The molecule has 96 valence electrons. The molecule has 1 aromatic heterocycles. The molecule has 2 aromatic rings. The normalized spacial score (nSPS) is 17.9. The first-order chi connectivity index (χ1) is 8.81. The van der Waals surface area contributed by atoms with Gasteiger partial charge in [-0.3, -0.25) is 0 Å². The lowest BCUT2D eigenvalue weighted by atomic mass is 9.88. The van der Waals surface area contributed by atoms with Gasteiger partial charge >= 0.3 is 0 Å². The Morgan fingerprint density at radius 2 is 2.17 bits per heavy atom. The van der Waals surface area contributed by atoms with Crippen LogP contribution in [-0.2, 0) is 6.54 Å². The Bertz CT molecular complexity index is 540. The van der Waals surface area contributed by atoms with E-state index in [9.17, 15) is 0 Å². The lowest BCUT2D eigenvalue weighted by Gasteiger charge is -2.32. The number of nitrogens with one attached hydrogen (secondary N) is 1. The number of hydrogen-bond donors (Lipinski definition) is 1. The molecule has 1 aromatic carbocycles. The molecular formula is C15H21N3. The zero-order chi connectivity index (χ0) is 12.5. The molecule has 0 saturated carbocycles. The minimum atomic E-state index is 0.546. The molecule has 0 amide bonds. The van der Waals surface area contributed by atoms with E-state index in [-0.39, 0.29) is 0 Å². The minimum Gasteiger partial charge on any atom is -0.328 e. The van der Waals surface area contributed by atoms with Gasteiger partial charge in [-0.05, 0) is 37.6 Å². The maximum Gasteiger partial charge on any atom is 0.113 e. The maximum atomic E-state index is 4.87. The van der Waals surface area contributed by atoms with Crippen LogP contribution in [-0.4, -0.2) is 22.6 Å². The third-order valence-corrected chi connectivity index (χ3v) is 4.06. The zero-order valence-electron chi connectivity index (χ0n) is 11.2. The van der Waals surface area contributed by atoms with Crippen LogP contribution in [0.25, 0.3) is 11.0 Å². The second-order valence-electron chi connectivity index (χ2n) is 5.32. The molecule has 2 heterocycles. The minimum absolute atomic E-state index is 0.546. The van der Waals surface area contributed by atoms with Crippen LogP contribution in [0.15, 0.2) is 24.3 Å². The number of nitrogens with zero attached hydrogens (tertiary/aromatic N) is 2. The van der Waals surface area contributed by atoms with Crippen LogP contribution in [0.3, 0.4) is 0 Å². The molecule has 1 fully saturated rings. The molecule has 3 nitrogen and oxygen atoms in total. The van der Waals surface area contributed by atoms with Gasteiger partial charge in [0.1, 0.15) is 5.82 Å². The van der Waals surface area contributed by atoms with Crippen LogP contribution in [0.1, 0.15) is 32.0 Å². The summed E-state index contributed by atoms with van der Waals surface area (Å²) in [6, 6.07) is 8.49. The van der Waals surface area contributed by atoms with E-state index >= 15 is 0 Å².